The summed E-state index contributed by atoms with van der Waals surface area (Å²) in [4.78, 5) is 0. The molecule has 0 aliphatic rings. The normalized spacial score (nSPS) is 14.8. The molecule has 0 heterocycles. The molecule has 67 valence electrons. The van der Waals surface area contributed by atoms with Crippen LogP contribution in [0.5, 0.6) is 0 Å². The van der Waals surface area contributed by atoms with E-state index in [-0.39, 0.29) is 5.75 Å². The largest absolute Gasteiger partial charge is 0.315 e. The van der Waals surface area contributed by atoms with E-state index >= 15 is 0 Å². The second-order valence-electron chi connectivity index (χ2n) is 2.55. The van der Waals surface area contributed by atoms with Crippen LogP contribution in [0.2, 0.25) is 0 Å². The Balaban J connectivity index is 3.93. The van der Waals surface area contributed by atoms with E-state index in [0.717, 1.165) is 12.8 Å². The van der Waals surface area contributed by atoms with Gasteiger partial charge in [0.25, 0.3) is 0 Å². The lowest BCUT2D eigenvalue weighted by molar-refractivity contribution is 0.569. The van der Waals surface area contributed by atoms with Crippen LogP contribution in [0.3, 0.4) is 0 Å². The Hall–Kier alpha value is -0.0900. The number of nitrogens with two attached hydrogens (primary N) is 1. The molecule has 0 fully saturated rings. The molecule has 0 aliphatic carbocycles. The van der Waals surface area contributed by atoms with Gasteiger partial charge in [-0.2, -0.15) is 0 Å². The second-order valence-corrected chi connectivity index (χ2v) is 4.89. The van der Waals surface area contributed by atoms with Gasteiger partial charge in [0.05, 0.1) is 5.75 Å². The molecule has 0 spiro atoms. The third-order valence-corrected chi connectivity index (χ3v) is 3.32. The Morgan fingerprint density at radius 2 is 2.09 bits per heavy atom. The molecule has 0 saturated carbocycles. The van der Waals surface area contributed by atoms with Crippen molar-refractivity contribution in [2.24, 2.45) is 5.73 Å². The molecule has 2 N–H and O–H groups in total. The molecule has 1 unspecified atom stereocenters. The summed E-state index contributed by atoms with van der Waals surface area (Å²) in [6.07, 6.45) is 2.38. The van der Waals surface area contributed by atoms with Gasteiger partial charge in [0.15, 0.2) is 9.84 Å². The third-order valence-electron chi connectivity index (χ3n) is 1.59. The van der Waals surface area contributed by atoms with E-state index in [1.54, 1.807) is 0 Å². The zero-order valence-corrected chi connectivity index (χ0v) is 7.73. The van der Waals surface area contributed by atoms with Gasteiger partial charge in [0.1, 0.15) is 5.37 Å². The first-order valence-corrected chi connectivity index (χ1v) is 5.52. The minimum atomic E-state index is -3.10. The van der Waals surface area contributed by atoms with Crippen LogP contribution in [0.15, 0.2) is 0 Å². The molecular formula is C7H16NO2S. The highest BCUT2D eigenvalue weighted by molar-refractivity contribution is 7.92. The van der Waals surface area contributed by atoms with Gasteiger partial charge in [0, 0.05) is 0 Å². The van der Waals surface area contributed by atoms with Crippen molar-refractivity contribution in [3.05, 3.63) is 6.92 Å². The number of hydrogen-bond donors (Lipinski definition) is 1. The number of rotatable bonds is 5. The van der Waals surface area contributed by atoms with Crippen molar-refractivity contribution in [2.45, 2.75) is 31.6 Å². The zero-order chi connectivity index (χ0) is 8.91. The SMILES string of the molecule is [CH2]CS(=O)(=O)C(N)CCCC. The summed E-state index contributed by atoms with van der Waals surface area (Å²) >= 11 is 0. The van der Waals surface area contributed by atoms with Crippen LogP contribution in [0.4, 0.5) is 0 Å². The Kier molecular flexibility index (Phi) is 4.68. The van der Waals surface area contributed by atoms with Gasteiger partial charge < -0.3 is 5.73 Å². The van der Waals surface area contributed by atoms with Crippen LogP contribution in [0.1, 0.15) is 26.2 Å². The minimum Gasteiger partial charge on any atom is -0.315 e. The van der Waals surface area contributed by atoms with Crippen LogP contribution in [-0.2, 0) is 9.84 Å². The van der Waals surface area contributed by atoms with Crippen LogP contribution in [0, 0.1) is 6.92 Å². The third kappa shape index (κ3) is 3.72. The first kappa shape index (κ1) is 10.9. The Morgan fingerprint density at radius 3 is 2.45 bits per heavy atom. The fraction of sp³-hybridized carbons (Fsp3) is 0.857. The summed E-state index contributed by atoms with van der Waals surface area (Å²) in [5, 5.41) is -0.708. The molecule has 0 aliphatic heterocycles. The van der Waals surface area contributed by atoms with Crippen molar-refractivity contribution in [1.82, 2.24) is 0 Å². The van der Waals surface area contributed by atoms with Gasteiger partial charge in [-0.15, -0.1) is 0 Å². The zero-order valence-electron chi connectivity index (χ0n) is 6.91. The van der Waals surface area contributed by atoms with Crippen molar-refractivity contribution in [3.63, 3.8) is 0 Å². The monoisotopic (exact) mass is 178 g/mol. The molecule has 4 heteroatoms. The quantitative estimate of drug-likeness (QED) is 0.674. The maximum atomic E-state index is 11.0. The van der Waals surface area contributed by atoms with Crippen molar-refractivity contribution in [1.29, 1.82) is 0 Å². The van der Waals surface area contributed by atoms with Crippen LogP contribution < -0.4 is 5.73 Å². The number of unbranched alkanes of at least 4 members (excludes halogenated alkanes) is 1. The van der Waals surface area contributed by atoms with E-state index in [1.165, 1.54) is 0 Å². The molecule has 0 aromatic rings. The number of hydrogen-bond acceptors (Lipinski definition) is 3. The van der Waals surface area contributed by atoms with E-state index in [0.29, 0.717) is 6.42 Å². The van der Waals surface area contributed by atoms with E-state index in [1.807, 2.05) is 6.92 Å². The van der Waals surface area contributed by atoms with Gasteiger partial charge in [-0.25, -0.2) is 8.42 Å². The average molecular weight is 178 g/mol. The summed E-state index contributed by atoms with van der Waals surface area (Å²) in [7, 11) is -3.10. The van der Waals surface area contributed by atoms with Crippen molar-refractivity contribution in [2.75, 3.05) is 5.75 Å². The highest BCUT2D eigenvalue weighted by Gasteiger charge is 2.17. The van der Waals surface area contributed by atoms with Crippen LogP contribution >= 0.6 is 0 Å². The standard InChI is InChI=1S/C7H16NO2S/c1-3-5-6-7(8)11(9,10)4-2/h7H,2-6,8H2,1H3. The molecule has 0 bridgehead atoms. The van der Waals surface area contributed by atoms with Crippen molar-refractivity contribution >= 4 is 9.84 Å². The van der Waals surface area contributed by atoms with Gasteiger partial charge in [-0.3, -0.25) is 0 Å². The minimum absolute atomic E-state index is 0.0993. The van der Waals surface area contributed by atoms with E-state index < -0.39 is 15.2 Å². The van der Waals surface area contributed by atoms with Gasteiger partial charge in [-0.05, 0) is 13.3 Å². The molecule has 0 aromatic heterocycles. The Bertz CT molecular complexity index is 187. The lowest BCUT2D eigenvalue weighted by Gasteiger charge is -2.09. The second kappa shape index (κ2) is 4.72. The van der Waals surface area contributed by atoms with E-state index in [2.05, 4.69) is 6.92 Å². The first-order valence-electron chi connectivity index (χ1n) is 3.81. The molecule has 0 rings (SSSR count). The van der Waals surface area contributed by atoms with Crippen LogP contribution in [-0.4, -0.2) is 19.5 Å². The lowest BCUT2D eigenvalue weighted by atomic mass is 10.2. The maximum Gasteiger partial charge on any atom is 0.165 e. The molecule has 1 atom stereocenters. The smallest absolute Gasteiger partial charge is 0.165 e. The van der Waals surface area contributed by atoms with E-state index in [4.69, 9.17) is 5.73 Å². The molecule has 1 radical (unpaired) electrons. The molecule has 0 amide bonds. The summed E-state index contributed by atoms with van der Waals surface area (Å²) < 4.78 is 22.0. The molecule has 11 heavy (non-hydrogen) atoms. The average Bonchev–Trinajstić information content (AvgIpc) is 2.00. The maximum absolute atomic E-state index is 11.0. The summed E-state index contributed by atoms with van der Waals surface area (Å²) in [5.74, 6) is -0.0993. The predicted molar refractivity (Wildman–Crippen MR) is 46.6 cm³/mol. The Labute approximate surface area is 68.9 Å². The van der Waals surface area contributed by atoms with Gasteiger partial charge in [-0.1, -0.05) is 19.8 Å². The fourth-order valence-corrected chi connectivity index (χ4v) is 1.56. The highest BCUT2D eigenvalue weighted by Crippen LogP contribution is 2.05. The summed E-state index contributed by atoms with van der Waals surface area (Å²) in [6, 6.07) is 0. The number of sulfone groups is 1. The van der Waals surface area contributed by atoms with Crippen LogP contribution in [0.25, 0.3) is 0 Å². The first-order chi connectivity index (χ1) is 5.04. The molecular weight excluding hydrogens is 162 g/mol. The summed E-state index contributed by atoms with van der Waals surface area (Å²) in [5.41, 5.74) is 5.42. The van der Waals surface area contributed by atoms with Crippen molar-refractivity contribution < 1.29 is 8.42 Å². The fourth-order valence-electron chi connectivity index (χ4n) is 0.736. The predicted octanol–water partition coefficient (Wildman–Crippen LogP) is 0.710. The van der Waals surface area contributed by atoms with Gasteiger partial charge >= 0.3 is 0 Å². The van der Waals surface area contributed by atoms with Gasteiger partial charge in [0.2, 0.25) is 0 Å². The highest BCUT2D eigenvalue weighted by atomic mass is 32.2. The van der Waals surface area contributed by atoms with Crippen molar-refractivity contribution in [3.8, 4) is 0 Å². The molecule has 0 saturated heterocycles. The van der Waals surface area contributed by atoms with E-state index in [9.17, 15) is 8.42 Å². The molecule has 3 nitrogen and oxygen atoms in total. The Morgan fingerprint density at radius 1 is 1.55 bits per heavy atom. The lowest BCUT2D eigenvalue weighted by Crippen LogP contribution is -2.31. The summed E-state index contributed by atoms with van der Waals surface area (Å²) in [6.45, 7) is 5.32. The molecule has 0 aromatic carbocycles. The topological polar surface area (TPSA) is 60.2 Å².